The zero-order chi connectivity index (χ0) is 20.1. The van der Waals surface area contributed by atoms with Crippen molar-refractivity contribution in [1.29, 1.82) is 0 Å². The van der Waals surface area contributed by atoms with Crippen LogP contribution in [0.3, 0.4) is 0 Å². The third-order valence-corrected chi connectivity index (χ3v) is 6.19. The summed E-state index contributed by atoms with van der Waals surface area (Å²) in [6, 6.07) is 9.99. The Morgan fingerprint density at radius 2 is 2.10 bits per heavy atom. The number of halogens is 1. The van der Waals surface area contributed by atoms with E-state index < -0.39 is 0 Å². The molecule has 1 saturated carbocycles. The first-order valence-corrected chi connectivity index (χ1v) is 9.89. The van der Waals surface area contributed by atoms with E-state index in [0.29, 0.717) is 36.0 Å². The molecule has 0 aromatic heterocycles. The van der Waals surface area contributed by atoms with Crippen LogP contribution in [0.5, 0.6) is 5.75 Å². The number of benzene rings is 2. The minimum atomic E-state index is -0.281. The summed E-state index contributed by atoms with van der Waals surface area (Å²) < 4.78 is 18.7. The number of carbonyl (C=O) groups is 2. The molecule has 0 spiro atoms. The number of nitrogens with one attached hydrogen (secondary N) is 2. The number of nitrogens with zero attached hydrogens (tertiary/aromatic N) is 1. The molecule has 2 aromatic carbocycles. The maximum atomic E-state index is 13.4. The molecule has 1 saturated heterocycles. The first-order chi connectivity index (χ1) is 14.0. The molecule has 2 N–H and O–H groups in total. The summed E-state index contributed by atoms with van der Waals surface area (Å²) >= 11 is 0. The maximum Gasteiger partial charge on any atom is 0.319 e. The molecular weight excluding hydrogens is 373 g/mol. The summed E-state index contributed by atoms with van der Waals surface area (Å²) in [6.07, 6.45) is 2.14. The van der Waals surface area contributed by atoms with Crippen LogP contribution < -0.4 is 20.3 Å². The Hall–Kier alpha value is -3.09. The Labute approximate surface area is 168 Å². The average Bonchev–Trinajstić information content (AvgIpc) is 3.03. The number of carbonyl (C=O) groups excluding carboxylic acids is 2. The minimum absolute atomic E-state index is 0.0609. The quantitative estimate of drug-likeness (QED) is 0.833. The zero-order valence-electron chi connectivity index (χ0n) is 16.1. The van der Waals surface area contributed by atoms with Crippen molar-refractivity contribution in [3.8, 4) is 5.75 Å². The third kappa shape index (κ3) is 3.10. The van der Waals surface area contributed by atoms with E-state index >= 15 is 0 Å². The van der Waals surface area contributed by atoms with Gasteiger partial charge >= 0.3 is 6.03 Å². The Bertz CT molecular complexity index is 1010. The van der Waals surface area contributed by atoms with E-state index in [9.17, 15) is 14.0 Å². The van der Waals surface area contributed by atoms with Gasteiger partial charge in [-0.15, -0.1) is 0 Å². The molecule has 2 aliphatic carbocycles. The predicted octanol–water partition coefficient (Wildman–Crippen LogP) is 3.42. The SMILES string of the molecule is COc1ccc(NC(=O)NC2C3Cc4cc(F)ccc4C32)cc1N1CCCC1=O. The van der Waals surface area contributed by atoms with E-state index in [1.54, 1.807) is 36.3 Å². The lowest BCUT2D eigenvalue weighted by atomic mass is 10.0. The third-order valence-electron chi connectivity index (χ3n) is 6.19. The molecule has 3 amide bonds. The first-order valence-electron chi connectivity index (χ1n) is 9.89. The van der Waals surface area contributed by atoms with Gasteiger partial charge in [0.15, 0.2) is 0 Å². The summed E-state index contributed by atoms with van der Waals surface area (Å²) in [7, 11) is 1.56. The van der Waals surface area contributed by atoms with Gasteiger partial charge in [-0.2, -0.15) is 0 Å². The van der Waals surface area contributed by atoms with Crippen LogP contribution in [0.1, 0.15) is 29.9 Å². The topological polar surface area (TPSA) is 70.7 Å². The van der Waals surface area contributed by atoms with Crippen molar-refractivity contribution in [2.75, 3.05) is 23.9 Å². The van der Waals surface area contributed by atoms with Gasteiger partial charge in [-0.05, 0) is 60.2 Å². The first kappa shape index (κ1) is 18.0. The highest BCUT2D eigenvalue weighted by molar-refractivity contribution is 5.98. The minimum Gasteiger partial charge on any atom is -0.495 e. The normalized spacial score (nSPS) is 24.1. The van der Waals surface area contributed by atoms with Gasteiger partial charge in [-0.25, -0.2) is 9.18 Å². The second-order valence-electron chi connectivity index (χ2n) is 7.90. The summed E-state index contributed by atoms with van der Waals surface area (Å²) in [4.78, 5) is 26.3. The number of anilines is 2. The highest BCUT2D eigenvalue weighted by Gasteiger charge is 2.56. The van der Waals surface area contributed by atoms with Crippen LogP contribution in [0.4, 0.5) is 20.6 Å². The lowest BCUT2D eigenvalue weighted by molar-refractivity contribution is -0.117. The summed E-state index contributed by atoms with van der Waals surface area (Å²) in [5, 5.41) is 5.89. The van der Waals surface area contributed by atoms with E-state index in [4.69, 9.17) is 4.74 Å². The van der Waals surface area contributed by atoms with E-state index in [1.807, 2.05) is 6.07 Å². The van der Waals surface area contributed by atoms with Crippen LogP contribution in [-0.4, -0.2) is 31.6 Å². The number of ether oxygens (including phenoxy) is 1. The number of urea groups is 1. The molecule has 1 heterocycles. The summed E-state index contributed by atoms with van der Waals surface area (Å²) in [5.41, 5.74) is 3.47. The second kappa shape index (κ2) is 6.76. The van der Waals surface area contributed by atoms with Crippen molar-refractivity contribution in [2.24, 2.45) is 5.92 Å². The van der Waals surface area contributed by atoms with Crippen molar-refractivity contribution in [3.63, 3.8) is 0 Å². The number of methoxy groups -OCH3 is 1. The number of fused-ring (bicyclic) bond motifs is 3. The fraction of sp³-hybridized carbons (Fsp3) is 0.364. The Morgan fingerprint density at radius 1 is 1.24 bits per heavy atom. The molecule has 3 unspecified atom stereocenters. The van der Waals surface area contributed by atoms with Gasteiger partial charge in [0, 0.05) is 30.6 Å². The molecule has 0 radical (unpaired) electrons. The predicted molar refractivity (Wildman–Crippen MR) is 107 cm³/mol. The van der Waals surface area contributed by atoms with Crippen LogP contribution in [0, 0.1) is 11.7 Å². The van der Waals surface area contributed by atoms with Gasteiger partial charge in [0.25, 0.3) is 0 Å². The molecule has 3 atom stereocenters. The monoisotopic (exact) mass is 395 g/mol. The van der Waals surface area contributed by atoms with Crippen molar-refractivity contribution in [3.05, 3.63) is 53.3 Å². The molecule has 7 heteroatoms. The van der Waals surface area contributed by atoms with Gasteiger partial charge < -0.3 is 20.3 Å². The molecule has 2 fully saturated rings. The van der Waals surface area contributed by atoms with Crippen molar-refractivity contribution in [2.45, 2.75) is 31.2 Å². The molecule has 150 valence electrons. The van der Waals surface area contributed by atoms with Crippen molar-refractivity contribution in [1.82, 2.24) is 5.32 Å². The Balaban J connectivity index is 1.26. The molecule has 5 rings (SSSR count). The van der Waals surface area contributed by atoms with Crippen LogP contribution in [0.2, 0.25) is 0 Å². The Kier molecular flexibility index (Phi) is 4.19. The van der Waals surface area contributed by atoms with Crippen LogP contribution in [0.25, 0.3) is 0 Å². The van der Waals surface area contributed by atoms with Crippen molar-refractivity contribution < 1.29 is 18.7 Å². The average molecular weight is 395 g/mol. The van der Waals surface area contributed by atoms with E-state index in [0.717, 1.165) is 24.0 Å². The lowest BCUT2D eigenvalue weighted by Gasteiger charge is -2.20. The standard InChI is InChI=1S/C22H22FN3O3/c1-29-18-7-5-14(11-17(18)26-8-2-3-19(26)27)24-22(28)25-21-16-10-12-9-13(23)4-6-15(12)20(16)21/h4-7,9,11,16,20-21H,2-3,8,10H2,1H3,(H2,24,25,28). The lowest BCUT2D eigenvalue weighted by Crippen LogP contribution is -2.33. The highest BCUT2D eigenvalue weighted by atomic mass is 19.1. The zero-order valence-corrected chi connectivity index (χ0v) is 16.1. The number of hydrogen-bond acceptors (Lipinski definition) is 3. The van der Waals surface area contributed by atoms with Crippen LogP contribution in [-0.2, 0) is 11.2 Å². The maximum absolute atomic E-state index is 13.4. The Morgan fingerprint density at radius 3 is 2.86 bits per heavy atom. The van der Waals surface area contributed by atoms with Crippen molar-refractivity contribution >= 4 is 23.3 Å². The van der Waals surface area contributed by atoms with Crippen LogP contribution >= 0.6 is 0 Å². The van der Waals surface area contributed by atoms with Gasteiger partial charge in [0.05, 0.1) is 12.8 Å². The smallest absolute Gasteiger partial charge is 0.319 e. The number of rotatable bonds is 4. The fourth-order valence-corrected chi connectivity index (χ4v) is 4.78. The molecular formula is C22H22FN3O3. The van der Waals surface area contributed by atoms with E-state index in [1.165, 1.54) is 6.07 Å². The van der Waals surface area contributed by atoms with Gasteiger partial charge in [-0.3, -0.25) is 4.79 Å². The largest absolute Gasteiger partial charge is 0.495 e. The summed E-state index contributed by atoms with van der Waals surface area (Å²) in [5.74, 6) is 1.06. The molecule has 3 aliphatic rings. The molecule has 6 nitrogen and oxygen atoms in total. The van der Waals surface area contributed by atoms with E-state index in [2.05, 4.69) is 10.6 Å². The molecule has 0 bridgehead atoms. The number of hydrogen-bond donors (Lipinski definition) is 2. The van der Waals surface area contributed by atoms with Gasteiger partial charge in [-0.1, -0.05) is 6.07 Å². The number of amides is 3. The fourth-order valence-electron chi connectivity index (χ4n) is 4.78. The second-order valence-corrected chi connectivity index (χ2v) is 7.90. The van der Waals surface area contributed by atoms with E-state index in [-0.39, 0.29) is 29.7 Å². The summed E-state index contributed by atoms with van der Waals surface area (Å²) in [6.45, 7) is 0.649. The highest BCUT2D eigenvalue weighted by Crippen LogP contribution is 2.56. The molecule has 1 aliphatic heterocycles. The van der Waals surface area contributed by atoms with Gasteiger partial charge in [0.2, 0.25) is 5.91 Å². The molecule has 29 heavy (non-hydrogen) atoms. The van der Waals surface area contributed by atoms with Gasteiger partial charge in [0.1, 0.15) is 11.6 Å². The molecule has 2 aromatic rings. The van der Waals surface area contributed by atoms with Crippen LogP contribution in [0.15, 0.2) is 36.4 Å².